The lowest BCUT2D eigenvalue weighted by atomic mass is 10.1. The van der Waals surface area contributed by atoms with Crippen LogP contribution >= 0.6 is 11.6 Å². The highest BCUT2D eigenvalue weighted by Crippen LogP contribution is 2.27. The van der Waals surface area contributed by atoms with Gasteiger partial charge in [0.25, 0.3) is 0 Å². The summed E-state index contributed by atoms with van der Waals surface area (Å²) in [6.07, 6.45) is 0. The number of hydrogen-bond acceptors (Lipinski definition) is 3. The molecule has 0 amide bonds. The Morgan fingerprint density at radius 3 is 2.43 bits per heavy atom. The largest absolute Gasteiger partial charge is 0.390 e. The highest BCUT2D eigenvalue weighted by atomic mass is 35.5. The Bertz CT molecular complexity index is 289. The van der Waals surface area contributed by atoms with Gasteiger partial charge in [0.2, 0.25) is 5.79 Å². The Morgan fingerprint density at radius 1 is 1.36 bits per heavy atom. The molecule has 3 nitrogen and oxygen atoms in total. The van der Waals surface area contributed by atoms with Crippen molar-refractivity contribution in [2.45, 2.75) is 5.79 Å². The molecule has 1 rings (SSSR count). The van der Waals surface area contributed by atoms with Crippen LogP contribution in [0.3, 0.4) is 0 Å². The third-order valence-electron chi connectivity index (χ3n) is 2.13. The average Bonchev–Trinajstić information content (AvgIpc) is 2.22. The first-order valence-electron chi connectivity index (χ1n) is 4.15. The van der Waals surface area contributed by atoms with E-state index in [1.54, 1.807) is 24.3 Å². The molecule has 1 N–H and O–H groups in total. The van der Waals surface area contributed by atoms with E-state index < -0.39 is 5.79 Å². The van der Waals surface area contributed by atoms with Crippen LogP contribution in [0.25, 0.3) is 0 Å². The predicted molar refractivity (Wildman–Crippen MR) is 54.2 cm³/mol. The summed E-state index contributed by atoms with van der Waals surface area (Å²) in [6, 6.07) is 7.01. The number of ether oxygens (including phenoxy) is 2. The minimum absolute atomic E-state index is 0.264. The maximum atomic E-state index is 9.23. The van der Waals surface area contributed by atoms with Gasteiger partial charge >= 0.3 is 0 Å². The summed E-state index contributed by atoms with van der Waals surface area (Å²) >= 11 is 5.83. The minimum Gasteiger partial charge on any atom is -0.390 e. The summed E-state index contributed by atoms with van der Waals surface area (Å²) < 4.78 is 10.3. The van der Waals surface area contributed by atoms with E-state index >= 15 is 0 Å². The van der Waals surface area contributed by atoms with Crippen LogP contribution in [-0.2, 0) is 15.3 Å². The zero-order chi connectivity index (χ0) is 10.6. The van der Waals surface area contributed by atoms with Crippen molar-refractivity contribution in [2.24, 2.45) is 0 Å². The fraction of sp³-hybridized carbons (Fsp3) is 0.400. The zero-order valence-corrected chi connectivity index (χ0v) is 8.91. The van der Waals surface area contributed by atoms with Gasteiger partial charge in [0.1, 0.15) is 6.61 Å². The highest BCUT2D eigenvalue weighted by molar-refractivity contribution is 6.30. The molecule has 0 aliphatic carbocycles. The maximum absolute atomic E-state index is 9.23. The molecule has 4 heteroatoms. The van der Waals surface area contributed by atoms with Crippen LogP contribution in [0, 0.1) is 0 Å². The van der Waals surface area contributed by atoms with Crippen LogP contribution in [-0.4, -0.2) is 25.9 Å². The van der Waals surface area contributed by atoms with E-state index in [4.69, 9.17) is 21.1 Å². The van der Waals surface area contributed by atoms with Gasteiger partial charge in [0, 0.05) is 24.8 Å². The van der Waals surface area contributed by atoms with E-state index in [0.29, 0.717) is 10.6 Å². The van der Waals surface area contributed by atoms with Gasteiger partial charge in [-0.1, -0.05) is 23.7 Å². The molecule has 0 saturated carbocycles. The molecule has 0 saturated heterocycles. The Hall–Kier alpha value is -0.610. The maximum Gasteiger partial charge on any atom is 0.218 e. The van der Waals surface area contributed by atoms with Crippen LogP contribution in [0.15, 0.2) is 24.3 Å². The number of aliphatic hydroxyl groups is 1. The van der Waals surface area contributed by atoms with E-state index in [-0.39, 0.29) is 6.61 Å². The predicted octanol–water partition coefficient (Wildman–Crippen LogP) is 1.78. The second-order valence-electron chi connectivity index (χ2n) is 2.83. The molecule has 0 aliphatic rings. The molecule has 0 heterocycles. The Balaban J connectivity index is 3.10. The van der Waals surface area contributed by atoms with Gasteiger partial charge in [-0.25, -0.2) is 0 Å². The molecule has 0 fully saturated rings. The first-order valence-corrected chi connectivity index (χ1v) is 4.53. The van der Waals surface area contributed by atoms with E-state index in [2.05, 4.69) is 0 Å². The van der Waals surface area contributed by atoms with E-state index in [0.717, 1.165) is 0 Å². The van der Waals surface area contributed by atoms with Crippen molar-refractivity contribution in [3.05, 3.63) is 34.9 Å². The van der Waals surface area contributed by atoms with Gasteiger partial charge in [0.15, 0.2) is 0 Å². The lowest BCUT2D eigenvalue weighted by Crippen LogP contribution is -2.34. The third kappa shape index (κ3) is 2.07. The smallest absolute Gasteiger partial charge is 0.218 e. The molecule has 0 atom stereocenters. The van der Waals surface area contributed by atoms with Crippen molar-refractivity contribution in [1.29, 1.82) is 0 Å². The van der Waals surface area contributed by atoms with Crippen molar-refractivity contribution in [3.63, 3.8) is 0 Å². The van der Waals surface area contributed by atoms with E-state index in [1.807, 2.05) is 0 Å². The molecular formula is C10H13ClO3. The molecule has 0 unspecified atom stereocenters. The monoisotopic (exact) mass is 216 g/mol. The van der Waals surface area contributed by atoms with Crippen LogP contribution in [0.4, 0.5) is 0 Å². The molecule has 0 spiro atoms. The minimum atomic E-state index is -1.12. The molecule has 0 aromatic heterocycles. The Morgan fingerprint density at radius 2 is 2.00 bits per heavy atom. The van der Waals surface area contributed by atoms with Crippen LogP contribution < -0.4 is 0 Å². The molecule has 78 valence electrons. The number of rotatable bonds is 4. The summed E-state index contributed by atoms with van der Waals surface area (Å²) in [5.41, 5.74) is 0.692. The fourth-order valence-corrected chi connectivity index (χ4v) is 1.46. The SMILES string of the molecule is COC(CO)(OC)c1cccc(Cl)c1. The number of halogens is 1. The van der Waals surface area contributed by atoms with Gasteiger partial charge in [-0.15, -0.1) is 0 Å². The zero-order valence-electron chi connectivity index (χ0n) is 8.16. The van der Waals surface area contributed by atoms with Crippen molar-refractivity contribution in [2.75, 3.05) is 20.8 Å². The second kappa shape index (κ2) is 4.75. The Labute approximate surface area is 88.2 Å². The number of aliphatic hydroxyl groups excluding tert-OH is 1. The highest BCUT2D eigenvalue weighted by Gasteiger charge is 2.31. The lowest BCUT2D eigenvalue weighted by molar-refractivity contribution is -0.236. The molecular weight excluding hydrogens is 204 g/mol. The van der Waals surface area contributed by atoms with Crippen molar-refractivity contribution < 1.29 is 14.6 Å². The molecule has 0 aliphatic heterocycles. The van der Waals surface area contributed by atoms with Gasteiger partial charge < -0.3 is 14.6 Å². The quantitative estimate of drug-likeness (QED) is 0.780. The molecule has 1 aromatic carbocycles. The summed E-state index contributed by atoms with van der Waals surface area (Å²) in [5.74, 6) is -1.12. The van der Waals surface area contributed by atoms with Gasteiger partial charge in [0.05, 0.1) is 0 Å². The topological polar surface area (TPSA) is 38.7 Å². The molecule has 14 heavy (non-hydrogen) atoms. The number of methoxy groups -OCH3 is 2. The summed E-state index contributed by atoms with van der Waals surface area (Å²) in [7, 11) is 2.95. The standard InChI is InChI=1S/C10H13ClO3/c1-13-10(7-12,14-2)8-4-3-5-9(11)6-8/h3-6,12H,7H2,1-2H3. The van der Waals surface area contributed by atoms with Gasteiger partial charge in [-0.2, -0.15) is 0 Å². The second-order valence-corrected chi connectivity index (χ2v) is 3.27. The normalized spacial score (nSPS) is 11.7. The van der Waals surface area contributed by atoms with Crippen LogP contribution in [0.2, 0.25) is 5.02 Å². The summed E-state index contributed by atoms with van der Waals surface area (Å²) in [6.45, 7) is -0.264. The Kier molecular flexibility index (Phi) is 3.89. The lowest BCUT2D eigenvalue weighted by Gasteiger charge is -2.29. The molecule has 1 aromatic rings. The third-order valence-corrected chi connectivity index (χ3v) is 2.37. The number of benzene rings is 1. The first kappa shape index (κ1) is 11.5. The van der Waals surface area contributed by atoms with E-state index in [1.165, 1.54) is 14.2 Å². The van der Waals surface area contributed by atoms with Crippen LogP contribution in [0.1, 0.15) is 5.56 Å². The van der Waals surface area contributed by atoms with E-state index in [9.17, 15) is 5.11 Å². The first-order chi connectivity index (χ1) is 6.68. The number of hydrogen-bond donors (Lipinski definition) is 1. The van der Waals surface area contributed by atoms with Crippen molar-refractivity contribution >= 4 is 11.6 Å². The van der Waals surface area contributed by atoms with Crippen LogP contribution in [0.5, 0.6) is 0 Å². The average molecular weight is 217 g/mol. The summed E-state index contributed by atoms with van der Waals surface area (Å²) in [4.78, 5) is 0. The fourth-order valence-electron chi connectivity index (χ4n) is 1.26. The van der Waals surface area contributed by atoms with Gasteiger partial charge in [-0.3, -0.25) is 0 Å². The molecule has 0 radical (unpaired) electrons. The van der Waals surface area contributed by atoms with Gasteiger partial charge in [-0.05, 0) is 12.1 Å². The summed E-state index contributed by atoms with van der Waals surface area (Å²) in [5, 5.41) is 9.81. The van der Waals surface area contributed by atoms with Crippen molar-refractivity contribution in [3.8, 4) is 0 Å². The molecule has 0 bridgehead atoms. The van der Waals surface area contributed by atoms with Crippen molar-refractivity contribution in [1.82, 2.24) is 0 Å².